The highest BCUT2D eigenvalue weighted by Crippen LogP contribution is 2.40. The molecular formula is C25H28N4O2S. The van der Waals surface area contributed by atoms with E-state index in [9.17, 15) is 10.2 Å². The number of amidine groups is 1. The Bertz CT molecular complexity index is 1150. The molecule has 2 N–H and O–H groups in total. The third-order valence-electron chi connectivity index (χ3n) is 6.20. The maximum absolute atomic E-state index is 10.1. The van der Waals surface area contributed by atoms with Gasteiger partial charge in [0.15, 0.2) is 11.8 Å². The number of hydrogen-bond acceptors (Lipinski definition) is 6. The van der Waals surface area contributed by atoms with Gasteiger partial charge in [0.2, 0.25) is 0 Å². The molecule has 3 heterocycles. The summed E-state index contributed by atoms with van der Waals surface area (Å²) in [4.78, 5) is 12.4. The van der Waals surface area contributed by atoms with E-state index in [1.54, 1.807) is 29.3 Å². The quantitative estimate of drug-likeness (QED) is 0.617. The number of aliphatic imine (C=N–C) groups is 1. The van der Waals surface area contributed by atoms with E-state index < -0.39 is 0 Å². The fourth-order valence-electron chi connectivity index (χ4n) is 4.42. The van der Waals surface area contributed by atoms with Crippen LogP contribution in [0.25, 0.3) is 0 Å². The predicted molar refractivity (Wildman–Crippen MR) is 128 cm³/mol. The number of benzene rings is 2. The van der Waals surface area contributed by atoms with Gasteiger partial charge in [0.25, 0.3) is 0 Å². The van der Waals surface area contributed by atoms with Gasteiger partial charge in [-0.3, -0.25) is 9.47 Å². The number of fused-ring (bicyclic) bond motifs is 2. The Morgan fingerprint density at radius 2 is 1.62 bits per heavy atom. The number of nitrogens with zero attached hydrogens (tertiary/aromatic N) is 4. The van der Waals surface area contributed by atoms with Crippen LogP contribution in [0.1, 0.15) is 17.5 Å². The molecule has 166 valence electrons. The van der Waals surface area contributed by atoms with Gasteiger partial charge in [0, 0.05) is 59.7 Å². The van der Waals surface area contributed by atoms with Crippen LogP contribution in [0.5, 0.6) is 11.8 Å². The zero-order chi connectivity index (χ0) is 22.1. The molecule has 1 fully saturated rings. The second-order valence-electron chi connectivity index (χ2n) is 8.34. The van der Waals surface area contributed by atoms with Crippen molar-refractivity contribution >= 4 is 23.3 Å². The van der Waals surface area contributed by atoms with E-state index in [1.807, 2.05) is 0 Å². The minimum absolute atomic E-state index is 0.132. The molecule has 2 aliphatic rings. The van der Waals surface area contributed by atoms with Gasteiger partial charge in [-0.15, -0.1) is 0 Å². The van der Waals surface area contributed by atoms with Gasteiger partial charge in [-0.25, -0.2) is 4.99 Å². The van der Waals surface area contributed by atoms with Crippen molar-refractivity contribution in [2.24, 2.45) is 4.99 Å². The molecule has 32 heavy (non-hydrogen) atoms. The first-order chi connectivity index (χ1) is 15.6. The van der Waals surface area contributed by atoms with E-state index >= 15 is 0 Å². The molecule has 2 aromatic carbocycles. The summed E-state index contributed by atoms with van der Waals surface area (Å²) in [6.45, 7) is 7.15. The molecule has 0 saturated carbocycles. The minimum Gasteiger partial charge on any atom is -0.494 e. The number of aryl methyl sites for hydroxylation is 1. The highest BCUT2D eigenvalue weighted by Gasteiger charge is 2.25. The van der Waals surface area contributed by atoms with Crippen molar-refractivity contribution in [1.82, 2.24) is 14.4 Å². The molecule has 0 bridgehead atoms. The number of rotatable bonds is 4. The molecule has 2 aliphatic heterocycles. The molecular weight excluding hydrogens is 420 g/mol. The van der Waals surface area contributed by atoms with Gasteiger partial charge in [-0.05, 0) is 38.1 Å². The zero-order valence-electron chi connectivity index (χ0n) is 18.2. The molecule has 6 nitrogen and oxygen atoms in total. The third-order valence-corrected chi connectivity index (χ3v) is 7.34. The lowest BCUT2D eigenvalue weighted by atomic mass is 10.1. The third kappa shape index (κ3) is 4.10. The van der Waals surface area contributed by atoms with Crippen molar-refractivity contribution in [1.29, 1.82) is 0 Å². The van der Waals surface area contributed by atoms with Gasteiger partial charge in [-0.1, -0.05) is 42.1 Å². The number of hydrogen-bond donors (Lipinski definition) is 2. The highest BCUT2D eigenvalue weighted by molar-refractivity contribution is 7.99. The van der Waals surface area contributed by atoms with Crippen LogP contribution in [-0.2, 0) is 6.54 Å². The second-order valence-corrected chi connectivity index (χ2v) is 9.43. The van der Waals surface area contributed by atoms with E-state index in [0.717, 1.165) is 50.7 Å². The van der Waals surface area contributed by atoms with Gasteiger partial charge in [-0.2, -0.15) is 0 Å². The van der Waals surface area contributed by atoms with Gasteiger partial charge in [0.05, 0.1) is 5.69 Å². The minimum atomic E-state index is 0.132. The first-order valence-corrected chi connectivity index (χ1v) is 11.9. The molecule has 1 aromatic heterocycles. The zero-order valence-corrected chi connectivity index (χ0v) is 19.1. The van der Waals surface area contributed by atoms with Gasteiger partial charge in [0.1, 0.15) is 5.84 Å². The van der Waals surface area contributed by atoms with Crippen molar-refractivity contribution in [3.63, 3.8) is 0 Å². The summed E-state index contributed by atoms with van der Waals surface area (Å²) in [5.74, 6) is 1.36. The van der Waals surface area contributed by atoms with Crippen LogP contribution in [0.4, 0.5) is 5.69 Å². The molecule has 0 spiro atoms. The molecule has 0 radical (unpaired) electrons. The van der Waals surface area contributed by atoms with Crippen molar-refractivity contribution < 1.29 is 10.2 Å². The Hall–Kier alpha value is -2.90. The number of aromatic nitrogens is 1. The maximum Gasteiger partial charge on any atom is 0.196 e. The predicted octanol–water partition coefficient (Wildman–Crippen LogP) is 4.46. The Balaban J connectivity index is 1.25. The fraction of sp³-hybridized carbons (Fsp3) is 0.320. The number of piperazine rings is 1. The smallest absolute Gasteiger partial charge is 0.196 e. The van der Waals surface area contributed by atoms with Crippen LogP contribution < -0.4 is 0 Å². The molecule has 3 aromatic rings. The lowest BCUT2D eigenvalue weighted by Gasteiger charge is -2.36. The summed E-state index contributed by atoms with van der Waals surface area (Å²) < 4.78 is 1.58. The Morgan fingerprint density at radius 3 is 2.38 bits per heavy atom. The highest BCUT2D eigenvalue weighted by atomic mass is 32.2. The largest absolute Gasteiger partial charge is 0.494 e. The first kappa shape index (κ1) is 21.0. The van der Waals surface area contributed by atoms with Crippen LogP contribution in [-0.4, -0.2) is 63.1 Å². The first-order valence-electron chi connectivity index (χ1n) is 11.1. The second kappa shape index (κ2) is 8.92. The van der Waals surface area contributed by atoms with E-state index in [4.69, 9.17) is 4.99 Å². The molecule has 0 amide bonds. The average Bonchev–Trinajstić information content (AvgIpc) is 2.97. The van der Waals surface area contributed by atoms with Crippen molar-refractivity contribution in [2.45, 2.75) is 29.7 Å². The summed E-state index contributed by atoms with van der Waals surface area (Å²) in [7, 11) is 0. The molecule has 7 heteroatoms. The van der Waals surface area contributed by atoms with Crippen LogP contribution in [0.15, 0.2) is 69.4 Å². The lowest BCUT2D eigenvalue weighted by Crippen LogP contribution is -2.49. The molecule has 0 aliphatic carbocycles. The average molecular weight is 449 g/mol. The number of para-hydroxylation sites is 1. The Morgan fingerprint density at radius 1 is 0.906 bits per heavy atom. The molecule has 0 unspecified atom stereocenters. The summed E-state index contributed by atoms with van der Waals surface area (Å²) in [6, 6.07) is 18.5. The van der Waals surface area contributed by atoms with Crippen LogP contribution in [0, 0.1) is 6.92 Å². The summed E-state index contributed by atoms with van der Waals surface area (Å²) in [6.07, 6.45) is 0.878. The van der Waals surface area contributed by atoms with Crippen molar-refractivity contribution in [2.75, 3.05) is 32.7 Å². The fourth-order valence-corrected chi connectivity index (χ4v) is 5.44. The van der Waals surface area contributed by atoms with Gasteiger partial charge >= 0.3 is 0 Å². The van der Waals surface area contributed by atoms with Crippen molar-refractivity contribution in [3.05, 3.63) is 65.7 Å². The van der Waals surface area contributed by atoms with E-state index in [0.29, 0.717) is 12.1 Å². The Kier molecular flexibility index (Phi) is 5.85. The molecule has 5 rings (SSSR count). The van der Waals surface area contributed by atoms with Gasteiger partial charge < -0.3 is 15.1 Å². The van der Waals surface area contributed by atoms with Crippen LogP contribution >= 0.6 is 11.8 Å². The normalized spacial score (nSPS) is 16.3. The van der Waals surface area contributed by atoms with E-state index in [2.05, 4.69) is 58.3 Å². The van der Waals surface area contributed by atoms with Crippen LogP contribution in [0.2, 0.25) is 0 Å². The SMILES string of the molecule is Cc1cc(O)n(CCCN2CCN(C3=Nc4ccccc4Sc4ccccc43)CC2)c1O. The molecule has 1 saturated heterocycles. The summed E-state index contributed by atoms with van der Waals surface area (Å²) in [5, 5.41) is 20.0. The van der Waals surface area contributed by atoms with E-state index in [-0.39, 0.29) is 11.8 Å². The van der Waals surface area contributed by atoms with E-state index in [1.165, 1.54) is 15.4 Å². The van der Waals surface area contributed by atoms with Crippen molar-refractivity contribution in [3.8, 4) is 11.8 Å². The lowest BCUT2D eigenvalue weighted by molar-refractivity contribution is 0.177. The summed E-state index contributed by atoms with van der Waals surface area (Å²) >= 11 is 1.79. The topological polar surface area (TPSA) is 64.2 Å². The monoisotopic (exact) mass is 448 g/mol. The summed E-state index contributed by atoms with van der Waals surface area (Å²) in [5.41, 5.74) is 2.95. The van der Waals surface area contributed by atoms with Crippen LogP contribution in [0.3, 0.4) is 0 Å². The Labute approximate surface area is 192 Å². The number of aromatic hydroxyl groups is 2. The standard InChI is InChI=1S/C25H28N4O2S/c1-18-17-23(30)29(25(18)31)12-6-11-27-13-15-28(16-14-27)24-19-7-2-4-9-21(19)32-22-10-5-3-8-20(22)26-24/h2-5,7-10,17,30-31H,6,11-16H2,1H3. The molecule has 0 atom stereocenters. The maximum atomic E-state index is 10.1.